The summed E-state index contributed by atoms with van der Waals surface area (Å²) >= 11 is 0. The standard InChI is InChI=1S/C16H21N5O/c1-12-10-17-11-14(19-12)15-4-3-9-21(15)16(22)6-5-13-7-8-18-20(13)2/h7-8,10-11,15H,3-6,9H2,1-2H3/t15-/m0/s1. The van der Waals surface area contributed by atoms with Gasteiger partial charge in [0, 0.05) is 38.1 Å². The molecule has 0 saturated carbocycles. The van der Waals surface area contributed by atoms with Crippen molar-refractivity contribution < 1.29 is 4.79 Å². The van der Waals surface area contributed by atoms with Gasteiger partial charge in [0.25, 0.3) is 0 Å². The molecule has 1 aliphatic rings. The molecular weight excluding hydrogens is 278 g/mol. The molecule has 6 heteroatoms. The molecule has 22 heavy (non-hydrogen) atoms. The third kappa shape index (κ3) is 3.00. The van der Waals surface area contributed by atoms with Crippen LogP contribution in [-0.2, 0) is 18.3 Å². The number of likely N-dealkylation sites (tertiary alicyclic amines) is 1. The van der Waals surface area contributed by atoms with E-state index in [4.69, 9.17) is 0 Å². The molecule has 0 N–H and O–H groups in total. The van der Waals surface area contributed by atoms with Gasteiger partial charge in [-0.2, -0.15) is 5.10 Å². The first kappa shape index (κ1) is 14.7. The summed E-state index contributed by atoms with van der Waals surface area (Å²) in [7, 11) is 1.90. The molecule has 3 heterocycles. The van der Waals surface area contributed by atoms with E-state index < -0.39 is 0 Å². The Kier molecular flexibility index (Phi) is 4.18. The van der Waals surface area contributed by atoms with Gasteiger partial charge in [-0.05, 0) is 32.3 Å². The molecule has 0 unspecified atom stereocenters. The fourth-order valence-corrected chi connectivity index (χ4v) is 3.04. The summed E-state index contributed by atoms with van der Waals surface area (Å²) in [6.07, 6.45) is 8.51. The number of aromatic nitrogens is 4. The summed E-state index contributed by atoms with van der Waals surface area (Å²) < 4.78 is 1.82. The molecule has 0 spiro atoms. The SMILES string of the molecule is Cc1cncc([C@@H]2CCCN2C(=O)CCc2ccnn2C)n1. The minimum absolute atomic E-state index is 0.0754. The van der Waals surface area contributed by atoms with E-state index in [9.17, 15) is 4.79 Å². The highest BCUT2D eigenvalue weighted by Crippen LogP contribution is 2.31. The smallest absolute Gasteiger partial charge is 0.223 e. The Labute approximate surface area is 130 Å². The van der Waals surface area contributed by atoms with E-state index in [1.54, 1.807) is 18.6 Å². The fourth-order valence-electron chi connectivity index (χ4n) is 3.04. The Bertz CT molecular complexity index is 666. The lowest BCUT2D eigenvalue weighted by atomic mass is 10.1. The topological polar surface area (TPSA) is 63.9 Å². The molecule has 2 aromatic heterocycles. The molecular formula is C16H21N5O. The van der Waals surface area contributed by atoms with Gasteiger partial charge in [-0.3, -0.25) is 19.4 Å². The lowest BCUT2D eigenvalue weighted by molar-refractivity contribution is -0.132. The van der Waals surface area contributed by atoms with Crippen LogP contribution in [0.2, 0.25) is 0 Å². The number of carbonyl (C=O) groups excluding carboxylic acids is 1. The fraction of sp³-hybridized carbons (Fsp3) is 0.500. The first-order valence-electron chi connectivity index (χ1n) is 7.70. The maximum atomic E-state index is 12.6. The molecule has 3 rings (SSSR count). The van der Waals surface area contributed by atoms with Crippen molar-refractivity contribution in [1.29, 1.82) is 0 Å². The third-order valence-electron chi connectivity index (χ3n) is 4.21. The lowest BCUT2D eigenvalue weighted by Gasteiger charge is -2.24. The van der Waals surface area contributed by atoms with E-state index >= 15 is 0 Å². The van der Waals surface area contributed by atoms with Crippen molar-refractivity contribution in [3.05, 3.63) is 41.7 Å². The largest absolute Gasteiger partial charge is 0.334 e. The van der Waals surface area contributed by atoms with E-state index in [-0.39, 0.29) is 11.9 Å². The number of hydrogen-bond donors (Lipinski definition) is 0. The van der Waals surface area contributed by atoms with Crippen molar-refractivity contribution in [2.45, 2.75) is 38.6 Å². The van der Waals surface area contributed by atoms with Gasteiger partial charge < -0.3 is 4.90 Å². The van der Waals surface area contributed by atoms with Crippen LogP contribution in [0.1, 0.15) is 42.4 Å². The molecule has 0 aliphatic carbocycles. The second-order valence-electron chi connectivity index (χ2n) is 5.78. The maximum absolute atomic E-state index is 12.6. The molecule has 1 fully saturated rings. The highest BCUT2D eigenvalue weighted by atomic mass is 16.2. The first-order valence-corrected chi connectivity index (χ1v) is 7.70. The predicted molar refractivity (Wildman–Crippen MR) is 82.0 cm³/mol. The average molecular weight is 299 g/mol. The third-order valence-corrected chi connectivity index (χ3v) is 4.21. The molecule has 0 aromatic carbocycles. The molecule has 2 aromatic rings. The Morgan fingerprint density at radius 2 is 2.27 bits per heavy atom. The van der Waals surface area contributed by atoms with Gasteiger partial charge >= 0.3 is 0 Å². The Morgan fingerprint density at radius 1 is 1.41 bits per heavy atom. The van der Waals surface area contributed by atoms with Gasteiger partial charge in [-0.25, -0.2) is 0 Å². The molecule has 116 valence electrons. The van der Waals surface area contributed by atoms with E-state index in [1.807, 2.05) is 29.6 Å². The number of aryl methyl sites for hydroxylation is 3. The lowest BCUT2D eigenvalue weighted by Crippen LogP contribution is -2.31. The van der Waals surface area contributed by atoms with Crippen LogP contribution < -0.4 is 0 Å². The molecule has 0 radical (unpaired) electrons. The van der Waals surface area contributed by atoms with Crippen molar-refractivity contribution in [3.63, 3.8) is 0 Å². The molecule has 1 atom stereocenters. The van der Waals surface area contributed by atoms with Crippen LogP contribution >= 0.6 is 0 Å². The summed E-state index contributed by atoms with van der Waals surface area (Å²) in [6.45, 7) is 2.74. The zero-order valence-corrected chi connectivity index (χ0v) is 13.1. The van der Waals surface area contributed by atoms with Crippen molar-refractivity contribution in [2.24, 2.45) is 7.05 Å². The summed E-state index contributed by atoms with van der Waals surface area (Å²) in [5.41, 5.74) is 2.89. The zero-order valence-electron chi connectivity index (χ0n) is 13.1. The number of carbonyl (C=O) groups is 1. The van der Waals surface area contributed by atoms with E-state index in [0.29, 0.717) is 6.42 Å². The van der Waals surface area contributed by atoms with E-state index in [2.05, 4.69) is 15.1 Å². The number of hydrogen-bond acceptors (Lipinski definition) is 4. The molecule has 1 amide bonds. The van der Waals surface area contributed by atoms with Crippen LogP contribution in [0.4, 0.5) is 0 Å². The van der Waals surface area contributed by atoms with Crippen molar-refractivity contribution in [1.82, 2.24) is 24.6 Å². The monoisotopic (exact) mass is 299 g/mol. The van der Waals surface area contributed by atoms with Gasteiger partial charge in [-0.15, -0.1) is 0 Å². The van der Waals surface area contributed by atoms with Gasteiger partial charge in [0.05, 0.1) is 23.6 Å². The van der Waals surface area contributed by atoms with Crippen LogP contribution in [0.15, 0.2) is 24.7 Å². The second-order valence-corrected chi connectivity index (χ2v) is 5.78. The highest BCUT2D eigenvalue weighted by Gasteiger charge is 2.30. The summed E-state index contributed by atoms with van der Waals surface area (Å²) in [5.74, 6) is 0.187. The van der Waals surface area contributed by atoms with Crippen LogP contribution in [0.3, 0.4) is 0 Å². The number of rotatable bonds is 4. The molecule has 6 nitrogen and oxygen atoms in total. The second kappa shape index (κ2) is 6.25. The maximum Gasteiger partial charge on any atom is 0.223 e. The first-order chi connectivity index (χ1) is 10.6. The predicted octanol–water partition coefficient (Wildman–Crippen LogP) is 1.81. The average Bonchev–Trinajstić information content (AvgIpc) is 3.14. The van der Waals surface area contributed by atoms with Gasteiger partial charge in [0.2, 0.25) is 5.91 Å². The zero-order chi connectivity index (χ0) is 15.5. The normalized spacial score (nSPS) is 17.9. The Balaban J connectivity index is 1.67. The van der Waals surface area contributed by atoms with Gasteiger partial charge in [0.15, 0.2) is 0 Å². The van der Waals surface area contributed by atoms with Crippen molar-refractivity contribution in [2.75, 3.05) is 6.54 Å². The molecule has 1 aliphatic heterocycles. The number of nitrogens with zero attached hydrogens (tertiary/aromatic N) is 5. The van der Waals surface area contributed by atoms with E-state index in [1.165, 1.54) is 0 Å². The van der Waals surface area contributed by atoms with Crippen LogP contribution in [0, 0.1) is 6.92 Å². The molecule has 1 saturated heterocycles. The van der Waals surface area contributed by atoms with Crippen LogP contribution in [-0.4, -0.2) is 37.1 Å². The van der Waals surface area contributed by atoms with Crippen molar-refractivity contribution >= 4 is 5.91 Å². The highest BCUT2D eigenvalue weighted by molar-refractivity contribution is 5.77. The number of amides is 1. The van der Waals surface area contributed by atoms with Crippen molar-refractivity contribution in [3.8, 4) is 0 Å². The summed E-state index contributed by atoms with van der Waals surface area (Å²) in [6, 6.07) is 2.03. The quantitative estimate of drug-likeness (QED) is 0.864. The minimum atomic E-state index is 0.0754. The van der Waals surface area contributed by atoms with E-state index in [0.717, 1.165) is 42.9 Å². The molecule has 0 bridgehead atoms. The summed E-state index contributed by atoms with van der Waals surface area (Å²) in [5, 5.41) is 4.14. The van der Waals surface area contributed by atoms with Gasteiger partial charge in [0.1, 0.15) is 0 Å². The van der Waals surface area contributed by atoms with Crippen LogP contribution in [0.5, 0.6) is 0 Å². The Hall–Kier alpha value is -2.24. The summed E-state index contributed by atoms with van der Waals surface area (Å²) in [4.78, 5) is 23.3. The van der Waals surface area contributed by atoms with Crippen LogP contribution in [0.25, 0.3) is 0 Å². The van der Waals surface area contributed by atoms with Gasteiger partial charge in [-0.1, -0.05) is 0 Å². The Morgan fingerprint density at radius 3 is 3.00 bits per heavy atom. The minimum Gasteiger partial charge on any atom is -0.334 e.